The fourth-order valence-electron chi connectivity index (χ4n) is 2.81. The number of halogens is 1. The lowest BCUT2D eigenvalue weighted by atomic mass is 10.1. The second kappa shape index (κ2) is 8.97. The van der Waals surface area contributed by atoms with Crippen LogP contribution in [0.5, 0.6) is 0 Å². The Morgan fingerprint density at radius 1 is 1.26 bits per heavy atom. The molecule has 140 valence electrons. The minimum Gasteiger partial charge on any atom is -0.362 e. The van der Waals surface area contributed by atoms with Crippen molar-refractivity contribution in [1.82, 2.24) is 20.2 Å². The zero-order chi connectivity index (χ0) is 19.2. The third kappa shape index (κ3) is 5.05. The maximum absolute atomic E-state index is 12.3. The number of thiocarbonyl (C=S) groups is 1. The number of hydrogen-bond donors (Lipinski definition) is 2. The van der Waals surface area contributed by atoms with Crippen LogP contribution in [0.2, 0.25) is 5.02 Å². The van der Waals surface area contributed by atoms with Crippen molar-refractivity contribution < 1.29 is 0 Å². The molecule has 0 bridgehead atoms. The zero-order valence-corrected chi connectivity index (χ0v) is 16.6. The third-order valence-electron chi connectivity index (χ3n) is 4.26. The molecule has 0 spiro atoms. The molecule has 7 heteroatoms. The monoisotopic (exact) mass is 400 g/mol. The third-order valence-corrected chi connectivity index (χ3v) is 4.90. The van der Waals surface area contributed by atoms with Crippen LogP contribution in [-0.4, -0.2) is 33.1 Å². The molecule has 1 aromatic heterocycles. The minimum atomic E-state index is -0.175. The molecule has 5 nitrogen and oxygen atoms in total. The summed E-state index contributed by atoms with van der Waals surface area (Å²) in [4.78, 5) is 21.6. The highest BCUT2D eigenvalue weighted by molar-refractivity contribution is 7.80. The largest absolute Gasteiger partial charge is 0.362 e. The number of nitrogens with one attached hydrogen (secondary N) is 2. The molecule has 3 aromatic rings. The van der Waals surface area contributed by atoms with Gasteiger partial charge in [-0.05, 0) is 49.3 Å². The van der Waals surface area contributed by atoms with E-state index in [0.717, 1.165) is 13.0 Å². The van der Waals surface area contributed by atoms with Gasteiger partial charge in [-0.3, -0.25) is 4.79 Å². The SMILES string of the molecule is CCN(Cc1nc2cc(Cl)ccc2c(=O)[nH]1)C(=S)NCCc1ccccc1. The molecule has 0 radical (unpaired) electrons. The fourth-order valence-corrected chi connectivity index (χ4v) is 3.28. The van der Waals surface area contributed by atoms with Crippen molar-refractivity contribution in [2.24, 2.45) is 0 Å². The number of aromatic amines is 1. The van der Waals surface area contributed by atoms with Gasteiger partial charge >= 0.3 is 0 Å². The maximum atomic E-state index is 12.3. The van der Waals surface area contributed by atoms with Crippen LogP contribution in [0.1, 0.15) is 18.3 Å². The van der Waals surface area contributed by atoms with E-state index in [-0.39, 0.29) is 5.56 Å². The molecule has 0 aliphatic carbocycles. The van der Waals surface area contributed by atoms with Crippen LogP contribution < -0.4 is 10.9 Å². The first-order valence-corrected chi connectivity index (χ1v) is 9.60. The van der Waals surface area contributed by atoms with Crippen molar-refractivity contribution in [1.29, 1.82) is 0 Å². The Morgan fingerprint density at radius 3 is 2.78 bits per heavy atom. The van der Waals surface area contributed by atoms with Crippen LogP contribution in [0.25, 0.3) is 10.9 Å². The molecule has 27 heavy (non-hydrogen) atoms. The van der Waals surface area contributed by atoms with Gasteiger partial charge in [-0.25, -0.2) is 4.98 Å². The molecule has 2 aromatic carbocycles. The number of nitrogens with zero attached hydrogens (tertiary/aromatic N) is 2. The molecule has 3 rings (SSSR count). The lowest BCUT2D eigenvalue weighted by Crippen LogP contribution is -2.40. The summed E-state index contributed by atoms with van der Waals surface area (Å²) in [5.74, 6) is 0.559. The number of hydrogen-bond acceptors (Lipinski definition) is 3. The summed E-state index contributed by atoms with van der Waals surface area (Å²) in [7, 11) is 0. The summed E-state index contributed by atoms with van der Waals surface area (Å²) < 4.78 is 0. The Balaban J connectivity index is 1.66. The number of rotatable bonds is 6. The second-order valence-corrected chi connectivity index (χ2v) is 6.98. The smallest absolute Gasteiger partial charge is 0.258 e. The van der Waals surface area contributed by atoms with E-state index in [4.69, 9.17) is 23.8 Å². The van der Waals surface area contributed by atoms with Gasteiger partial charge in [0.15, 0.2) is 5.11 Å². The normalized spacial score (nSPS) is 10.7. The standard InChI is InChI=1S/C20H21ClN4OS/c1-2-25(20(27)22-11-10-14-6-4-3-5-7-14)13-18-23-17-12-15(21)8-9-16(17)19(26)24-18/h3-9,12H,2,10-11,13H2,1H3,(H,22,27)(H,23,24,26). The van der Waals surface area contributed by atoms with E-state index in [1.54, 1.807) is 18.2 Å². The van der Waals surface area contributed by atoms with Crippen LogP contribution in [0.4, 0.5) is 0 Å². The van der Waals surface area contributed by atoms with E-state index < -0.39 is 0 Å². The summed E-state index contributed by atoms with van der Waals surface area (Å²) >= 11 is 11.5. The van der Waals surface area contributed by atoms with Gasteiger partial charge < -0.3 is 15.2 Å². The first-order chi connectivity index (χ1) is 13.1. The summed E-state index contributed by atoms with van der Waals surface area (Å²) in [5.41, 5.74) is 1.67. The van der Waals surface area contributed by atoms with Crippen LogP contribution >= 0.6 is 23.8 Å². The van der Waals surface area contributed by atoms with E-state index in [9.17, 15) is 4.79 Å². The van der Waals surface area contributed by atoms with Crippen LogP contribution in [-0.2, 0) is 13.0 Å². The fraction of sp³-hybridized carbons (Fsp3) is 0.250. The molecule has 0 aliphatic rings. The topological polar surface area (TPSA) is 61.0 Å². The predicted molar refractivity (Wildman–Crippen MR) is 114 cm³/mol. The highest BCUT2D eigenvalue weighted by Crippen LogP contribution is 2.15. The predicted octanol–water partition coefficient (Wildman–Crippen LogP) is 3.52. The molecule has 0 unspecified atom stereocenters. The molecular formula is C20H21ClN4OS. The van der Waals surface area contributed by atoms with Crippen molar-refractivity contribution in [2.75, 3.05) is 13.1 Å². The Bertz CT molecular complexity index is 990. The maximum Gasteiger partial charge on any atom is 0.258 e. The Hall–Kier alpha value is -2.44. The molecule has 2 N–H and O–H groups in total. The van der Waals surface area contributed by atoms with Crippen molar-refractivity contribution in [3.05, 3.63) is 75.3 Å². The summed E-state index contributed by atoms with van der Waals surface area (Å²) in [6.45, 7) is 3.89. The Morgan fingerprint density at radius 2 is 2.04 bits per heavy atom. The van der Waals surface area contributed by atoms with Gasteiger partial charge in [-0.15, -0.1) is 0 Å². The average molecular weight is 401 g/mol. The van der Waals surface area contributed by atoms with E-state index in [0.29, 0.717) is 40.0 Å². The number of aromatic nitrogens is 2. The quantitative estimate of drug-likeness (QED) is 0.620. The minimum absolute atomic E-state index is 0.175. The highest BCUT2D eigenvalue weighted by atomic mass is 35.5. The molecule has 0 saturated heterocycles. The van der Waals surface area contributed by atoms with Gasteiger partial charge in [0.2, 0.25) is 0 Å². The molecule has 0 aliphatic heterocycles. The van der Waals surface area contributed by atoms with Gasteiger partial charge in [0.05, 0.1) is 17.4 Å². The van der Waals surface area contributed by atoms with E-state index in [1.165, 1.54) is 5.56 Å². The number of benzene rings is 2. The molecular weight excluding hydrogens is 380 g/mol. The van der Waals surface area contributed by atoms with Crippen LogP contribution in [0.15, 0.2) is 53.3 Å². The van der Waals surface area contributed by atoms with Gasteiger partial charge in [0, 0.05) is 18.1 Å². The summed E-state index contributed by atoms with van der Waals surface area (Å²) in [6, 6.07) is 15.3. The molecule has 0 amide bonds. The van der Waals surface area contributed by atoms with E-state index in [1.807, 2.05) is 30.0 Å². The summed E-state index contributed by atoms with van der Waals surface area (Å²) in [6.07, 6.45) is 0.891. The molecule has 1 heterocycles. The van der Waals surface area contributed by atoms with Crippen molar-refractivity contribution in [2.45, 2.75) is 19.9 Å². The van der Waals surface area contributed by atoms with E-state index >= 15 is 0 Å². The highest BCUT2D eigenvalue weighted by Gasteiger charge is 2.11. The van der Waals surface area contributed by atoms with Gasteiger partial charge in [0.1, 0.15) is 5.82 Å². The lowest BCUT2D eigenvalue weighted by molar-refractivity contribution is 0.415. The molecule has 0 atom stereocenters. The zero-order valence-electron chi connectivity index (χ0n) is 15.0. The van der Waals surface area contributed by atoms with Crippen molar-refractivity contribution in [3.63, 3.8) is 0 Å². The van der Waals surface area contributed by atoms with Gasteiger partial charge in [-0.1, -0.05) is 41.9 Å². The van der Waals surface area contributed by atoms with Crippen molar-refractivity contribution >= 4 is 39.8 Å². The number of fused-ring (bicyclic) bond motifs is 1. The molecule has 0 fully saturated rings. The average Bonchev–Trinajstić information content (AvgIpc) is 2.66. The van der Waals surface area contributed by atoms with E-state index in [2.05, 4.69) is 27.4 Å². The van der Waals surface area contributed by atoms with Crippen molar-refractivity contribution in [3.8, 4) is 0 Å². The first kappa shape index (κ1) is 19.3. The first-order valence-electron chi connectivity index (χ1n) is 8.82. The van der Waals surface area contributed by atoms with Crippen LogP contribution in [0.3, 0.4) is 0 Å². The molecule has 0 saturated carbocycles. The Labute approximate surface area is 168 Å². The van der Waals surface area contributed by atoms with Gasteiger partial charge in [-0.2, -0.15) is 0 Å². The second-order valence-electron chi connectivity index (χ2n) is 6.16. The lowest BCUT2D eigenvalue weighted by Gasteiger charge is -2.24. The number of H-pyrrole nitrogens is 1. The summed E-state index contributed by atoms with van der Waals surface area (Å²) in [5, 5.41) is 5.00. The van der Waals surface area contributed by atoms with Gasteiger partial charge in [0.25, 0.3) is 5.56 Å². The van der Waals surface area contributed by atoms with Crippen LogP contribution in [0, 0.1) is 0 Å². The Kier molecular flexibility index (Phi) is 6.42.